The zero-order valence-electron chi connectivity index (χ0n) is 19.8. The van der Waals surface area contributed by atoms with E-state index in [1.54, 1.807) is 0 Å². The second kappa shape index (κ2) is 9.36. The molecule has 32 heavy (non-hydrogen) atoms. The van der Waals surface area contributed by atoms with Gasteiger partial charge in [-0.2, -0.15) is 0 Å². The van der Waals surface area contributed by atoms with E-state index in [0.29, 0.717) is 19.6 Å². The Bertz CT molecular complexity index is 977. The molecule has 2 amide bonds. The Labute approximate surface area is 196 Å². The Hall–Kier alpha value is -2.18. The maximum atomic E-state index is 13.4. The fourth-order valence-corrected chi connectivity index (χ4v) is 5.82. The van der Waals surface area contributed by atoms with E-state index in [-0.39, 0.29) is 23.3 Å². The van der Waals surface area contributed by atoms with Crippen LogP contribution >= 0.6 is 11.3 Å². The summed E-state index contributed by atoms with van der Waals surface area (Å²) in [5.74, 6) is 0.347. The molecule has 1 unspecified atom stereocenters. The monoisotopic (exact) mass is 453 g/mol. The number of fused-ring (bicyclic) bond motifs is 1. The molecule has 4 rings (SSSR count). The zero-order valence-corrected chi connectivity index (χ0v) is 20.6. The molecular weight excluding hydrogens is 418 g/mol. The van der Waals surface area contributed by atoms with Gasteiger partial charge in [0, 0.05) is 43.0 Å². The van der Waals surface area contributed by atoms with Crippen molar-refractivity contribution in [3.05, 3.63) is 57.3 Å². The van der Waals surface area contributed by atoms with Gasteiger partial charge >= 0.3 is 0 Å². The minimum Gasteiger partial charge on any atom is -0.340 e. The number of aryl methyl sites for hydroxylation is 1. The topological polar surface area (TPSA) is 43.9 Å². The maximum absolute atomic E-state index is 13.4. The van der Waals surface area contributed by atoms with Crippen LogP contribution in [0.4, 0.5) is 0 Å². The summed E-state index contributed by atoms with van der Waals surface area (Å²) in [5.41, 5.74) is 3.52. The van der Waals surface area contributed by atoms with Crippen LogP contribution in [0.15, 0.2) is 35.7 Å². The van der Waals surface area contributed by atoms with Gasteiger partial charge in [0.15, 0.2) is 0 Å². The quantitative estimate of drug-likeness (QED) is 0.703. The average molecular weight is 454 g/mol. The molecule has 0 saturated carbocycles. The molecule has 0 N–H and O–H groups in total. The van der Waals surface area contributed by atoms with Crippen LogP contribution in [0.25, 0.3) is 0 Å². The van der Waals surface area contributed by atoms with Crippen LogP contribution < -0.4 is 0 Å². The number of amides is 2. The Morgan fingerprint density at radius 2 is 1.69 bits per heavy atom. The summed E-state index contributed by atoms with van der Waals surface area (Å²) < 4.78 is 0. The molecule has 0 radical (unpaired) electrons. The number of nitrogens with zero attached hydrogens (tertiary/aromatic N) is 3. The molecule has 0 spiro atoms. The maximum Gasteiger partial charge on any atom is 0.236 e. The Kier molecular flexibility index (Phi) is 6.72. The standard InChI is InChI=1S/C26H35N3O2S/c1-19-8-5-6-9-20(19)24-21-11-17-32-22(21)10-14-29(24)18-23(30)27-12-7-13-28(16-15-27)25(31)26(2,3)4/h5-6,8-9,11,17,24H,7,10,12-16,18H2,1-4H3. The van der Waals surface area contributed by atoms with Gasteiger partial charge in [-0.3, -0.25) is 14.5 Å². The first-order valence-corrected chi connectivity index (χ1v) is 12.6. The van der Waals surface area contributed by atoms with E-state index in [1.807, 2.05) is 41.9 Å². The van der Waals surface area contributed by atoms with Crippen LogP contribution in [-0.4, -0.2) is 65.8 Å². The summed E-state index contributed by atoms with van der Waals surface area (Å²) in [4.78, 5) is 33.8. The molecule has 2 aromatic rings. The van der Waals surface area contributed by atoms with E-state index < -0.39 is 0 Å². The van der Waals surface area contributed by atoms with Crippen LogP contribution in [0, 0.1) is 12.3 Å². The number of carbonyl (C=O) groups is 2. The summed E-state index contributed by atoms with van der Waals surface area (Å²) in [6.07, 6.45) is 1.83. The van der Waals surface area contributed by atoms with E-state index >= 15 is 0 Å². The SMILES string of the molecule is Cc1ccccc1C1c2ccsc2CCN1CC(=O)N1CCCN(C(=O)C(C)(C)C)CC1. The highest BCUT2D eigenvalue weighted by atomic mass is 32.1. The summed E-state index contributed by atoms with van der Waals surface area (Å²) in [5, 5.41) is 2.18. The van der Waals surface area contributed by atoms with Gasteiger partial charge < -0.3 is 9.80 Å². The van der Waals surface area contributed by atoms with Crippen molar-refractivity contribution < 1.29 is 9.59 Å². The van der Waals surface area contributed by atoms with E-state index in [4.69, 9.17) is 0 Å². The average Bonchev–Trinajstić information content (AvgIpc) is 3.09. The lowest BCUT2D eigenvalue weighted by Gasteiger charge is -2.37. The third kappa shape index (κ3) is 4.76. The molecule has 1 atom stereocenters. The molecule has 0 aliphatic carbocycles. The molecule has 6 heteroatoms. The second-order valence-electron chi connectivity index (χ2n) is 10.1. The van der Waals surface area contributed by atoms with Gasteiger partial charge in [0.25, 0.3) is 0 Å². The van der Waals surface area contributed by atoms with Crippen molar-refractivity contribution in [3.63, 3.8) is 0 Å². The minimum absolute atomic E-state index is 0.126. The van der Waals surface area contributed by atoms with Gasteiger partial charge in [-0.25, -0.2) is 0 Å². The van der Waals surface area contributed by atoms with Gasteiger partial charge in [-0.1, -0.05) is 45.0 Å². The van der Waals surface area contributed by atoms with Gasteiger partial charge in [0.2, 0.25) is 11.8 Å². The van der Waals surface area contributed by atoms with Crippen molar-refractivity contribution in [2.75, 3.05) is 39.3 Å². The van der Waals surface area contributed by atoms with Crippen molar-refractivity contribution in [2.24, 2.45) is 5.41 Å². The second-order valence-corrected chi connectivity index (χ2v) is 11.1. The largest absolute Gasteiger partial charge is 0.340 e. The molecule has 172 valence electrons. The fourth-order valence-electron chi connectivity index (χ4n) is 4.91. The fraction of sp³-hybridized carbons (Fsp3) is 0.538. The van der Waals surface area contributed by atoms with Crippen LogP contribution in [0.5, 0.6) is 0 Å². The highest BCUT2D eigenvalue weighted by molar-refractivity contribution is 7.10. The first-order valence-electron chi connectivity index (χ1n) is 11.7. The zero-order chi connectivity index (χ0) is 22.9. The molecule has 2 aliphatic rings. The van der Waals surface area contributed by atoms with Gasteiger partial charge in [0.05, 0.1) is 12.6 Å². The smallest absolute Gasteiger partial charge is 0.236 e. The number of carbonyl (C=O) groups excluding carboxylic acids is 2. The summed E-state index contributed by atoms with van der Waals surface area (Å²) >= 11 is 1.83. The normalized spacial score (nSPS) is 20.1. The van der Waals surface area contributed by atoms with Crippen LogP contribution in [0.2, 0.25) is 0 Å². The minimum atomic E-state index is -0.383. The van der Waals surface area contributed by atoms with Crippen molar-refractivity contribution >= 4 is 23.2 Å². The van der Waals surface area contributed by atoms with Gasteiger partial charge in [0.1, 0.15) is 0 Å². The van der Waals surface area contributed by atoms with Crippen molar-refractivity contribution in [1.82, 2.24) is 14.7 Å². The lowest BCUT2D eigenvalue weighted by molar-refractivity contribution is -0.140. The lowest BCUT2D eigenvalue weighted by atomic mass is 9.90. The van der Waals surface area contributed by atoms with Crippen LogP contribution in [-0.2, 0) is 16.0 Å². The number of thiophene rings is 1. The van der Waals surface area contributed by atoms with Gasteiger partial charge in [-0.05, 0) is 47.9 Å². The molecule has 0 bridgehead atoms. The first kappa shape index (κ1) is 23.0. The molecule has 2 aliphatic heterocycles. The Morgan fingerprint density at radius 3 is 2.44 bits per heavy atom. The molecule has 1 aromatic heterocycles. The van der Waals surface area contributed by atoms with E-state index in [0.717, 1.165) is 32.5 Å². The molecule has 1 saturated heterocycles. The third-order valence-electron chi connectivity index (χ3n) is 6.66. The number of rotatable bonds is 3. The summed E-state index contributed by atoms with van der Waals surface area (Å²) in [6.45, 7) is 12.0. The van der Waals surface area contributed by atoms with E-state index in [1.165, 1.54) is 21.6 Å². The summed E-state index contributed by atoms with van der Waals surface area (Å²) in [6, 6.07) is 10.9. The third-order valence-corrected chi connectivity index (χ3v) is 7.66. The molecule has 5 nitrogen and oxygen atoms in total. The number of hydrogen-bond donors (Lipinski definition) is 0. The number of hydrogen-bond acceptors (Lipinski definition) is 4. The molecule has 3 heterocycles. The Balaban J connectivity index is 1.49. The predicted octanol–water partition coefficient (Wildman–Crippen LogP) is 4.11. The van der Waals surface area contributed by atoms with Gasteiger partial charge in [-0.15, -0.1) is 11.3 Å². The Morgan fingerprint density at radius 1 is 0.969 bits per heavy atom. The number of benzene rings is 1. The van der Waals surface area contributed by atoms with E-state index in [9.17, 15) is 9.59 Å². The molecule has 1 aromatic carbocycles. The van der Waals surface area contributed by atoms with Crippen molar-refractivity contribution in [2.45, 2.75) is 46.6 Å². The predicted molar refractivity (Wildman–Crippen MR) is 130 cm³/mol. The van der Waals surface area contributed by atoms with Crippen LogP contribution in [0.1, 0.15) is 54.8 Å². The first-order chi connectivity index (χ1) is 15.3. The highest BCUT2D eigenvalue weighted by Crippen LogP contribution is 2.38. The molecular formula is C26H35N3O2S. The lowest BCUT2D eigenvalue weighted by Crippen LogP contribution is -2.46. The van der Waals surface area contributed by atoms with Crippen LogP contribution in [0.3, 0.4) is 0 Å². The van der Waals surface area contributed by atoms with Crippen molar-refractivity contribution in [1.29, 1.82) is 0 Å². The van der Waals surface area contributed by atoms with Crippen molar-refractivity contribution in [3.8, 4) is 0 Å². The molecule has 1 fully saturated rings. The van der Waals surface area contributed by atoms with E-state index in [2.05, 4.69) is 47.5 Å². The summed E-state index contributed by atoms with van der Waals surface area (Å²) in [7, 11) is 0. The highest BCUT2D eigenvalue weighted by Gasteiger charge is 2.34.